The molecule has 2 amide bonds. The fourth-order valence-corrected chi connectivity index (χ4v) is 3.71. The van der Waals surface area contributed by atoms with Crippen molar-refractivity contribution in [1.29, 1.82) is 0 Å². The van der Waals surface area contributed by atoms with Crippen LogP contribution in [0.15, 0.2) is 24.3 Å². The van der Waals surface area contributed by atoms with Gasteiger partial charge in [0.05, 0.1) is 11.4 Å². The molecule has 162 valence electrons. The van der Waals surface area contributed by atoms with Gasteiger partial charge in [-0.25, -0.2) is 4.79 Å². The van der Waals surface area contributed by atoms with Crippen molar-refractivity contribution in [2.45, 2.75) is 65.2 Å². The number of nitrogens with zero attached hydrogens (tertiary/aromatic N) is 2. The lowest BCUT2D eigenvalue weighted by Crippen LogP contribution is -2.32. The first kappa shape index (κ1) is 21.9. The molecule has 0 bridgehead atoms. The Morgan fingerprint density at radius 1 is 1.20 bits per heavy atom. The molecule has 2 aromatic rings. The summed E-state index contributed by atoms with van der Waals surface area (Å²) in [6.07, 6.45) is 5.60. The van der Waals surface area contributed by atoms with Gasteiger partial charge in [-0.2, -0.15) is 9.78 Å². The first-order valence-corrected chi connectivity index (χ1v) is 11.0. The summed E-state index contributed by atoms with van der Waals surface area (Å²) in [5.41, 5.74) is 2.50. The molecule has 1 aliphatic rings. The number of hydrogen-bond acceptors (Lipinski definition) is 4. The summed E-state index contributed by atoms with van der Waals surface area (Å²) in [7, 11) is 0. The van der Waals surface area contributed by atoms with Crippen LogP contribution in [0.1, 0.15) is 70.9 Å². The van der Waals surface area contributed by atoms with Gasteiger partial charge in [0.1, 0.15) is 5.75 Å². The molecule has 0 radical (unpaired) electrons. The molecule has 1 heterocycles. The van der Waals surface area contributed by atoms with E-state index in [0.717, 1.165) is 44.2 Å². The number of nitrogens with one attached hydrogen (secondary N) is 2. The van der Waals surface area contributed by atoms with Crippen LogP contribution < -0.4 is 10.6 Å². The smallest absolute Gasteiger partial charge is 0.342 e. The van der Waals surface area contributed by atoms with Crippen molar-refractivity contribution < 1.29 is 14.7 Å². The van der Waals surface area contributed by atoms with E-state index in [9.17, 15) is 14.7 Å². The summed E-state index contributed by atoms with van der Waals surface area (Å²) < 4.78 is 1.43. The van der Waals surface area contributed by atoms with Crippen LogP contribution in [0.4, 0.5) is 10.5 Å². The number of phenols is 1. The highest BCUT2D eigenvalue weighted by molar-refractivity contribution is 5.93. The normalized spacial score (nSPS) is 13.9. The van der Waals surface area contributed by atoms with Gasteiger partial charge in [0.15, 0.2) is 0 Å². The molecule has 1 aliphatic carbocycles. The third kappa shape index (κ3) is 4.66. The third-order valence-corrected chi connectivity index (χ3v) is 5.88. The van der Waals surface area contributed by atoms with Crippen molar-refractivity contribution in [1.82, 2.24) is 15.1 Å². The van der Waals surface area contributed by atoms with E-state index < -0.39 is 0 Å². The Morgan fingerprint density at radius 2 is 1.93 bits per heavy atom. The van der Waals surface area contributed by atoms with Gasteiger partial charge in [0, 0.05) is 29.6 Å². The zero-order valence-electron chi connectivity index (χ0n) is 18.1. The van der Waals surface area contributed by atoms with Crippen LogP contribution in [0.5, 0.6) is 5.75 Å². The lowest BCUT2D eigenvalue weighted by atomic mass is 9.82. The quantitative estimate of drug-likeness (QED) is 0.539. The van der Waals surface area contributed by atoms with Gasteiger partial charge in [0.25, 0.3) is 0 Å². The second-order valence-electron chi connectivity index (χ2n) is 7.96. The summed E-state index contributed by atoms with van der Waals surface area (Å²) >= 11 is 0. The van der Waals surface area contributed by atoms with Gasteiger partial charge in [0.2, 0.25) is 5.91 Å². The molecule has 1 saturated carbocycles. The van der Waals surface area contributed by atoms with E-state index in [1.807, 2.05) is 26.8 Å². The number of amides is 2. The van der Waals surface area contributed by atoms with E-state index in [4.69, 9.17) is 0 Å². The van der Waals surface area contributed by atoms with Crippen LogP contribution in [-0.4, -0.2) is 33.4 Å². The van der Waals surface area contributed by atoms with Crippen LogP contribution in [-0.2, 0) is 4.79 Å². The van der Waals surface area contributed by atoms with E-state index in [-0.39, 0.29) is 23.6 Å². The molecule has 0 unspecified atom stereocenters. The molecule has 7 nitrogen and oxygen atoms in total. The van der Waals surface area contributed by atoms with Crippen molar-refractivity contribution in [2.75, 3.05) is 11.9 Å². The second kappa shape index (κ2) is 9.78. The predicted molar refractivity (Wildman–Crippen MR) is 118 cm³/mol. The first-order valence-electron chi connectivity index (χ1n) is 11.0. The van der Waals surface area contributed by atoms with Crippen molar-refractivity contribution in [2.24, 2.45) is 5.92 Å². The maximum atomic E-state index is 12.6. The fraction of sp³-hybridized carbons (Fsp3) is 0.522. The molecule has 30 heavy (non-hydrogen) atoms. The molecule has 0 aliphatic heterocycles. The average molecular weight is 413 g/mol. The number of rotatable bonds is 8. The lowest BCUT2D eigenvalue weighted by Gasteiger charge is -2.25. The molecule has 1 fully saturated rings. The molecular formula is C23H32N4O3. The third-order valence-electron chi connectivity index (χ3n) is 5.88. The Morgan fingerprint density at radius 3 is 2.53 bits per heavy atom. The molecule has 3 rings (SSSR count). The summed E-state index contributed by atoms with van der Waals surface area (Å²) in [5, 5.41) is 20.8. The molecule has 7 heteroatoms. The molecule has 3 N–H and O–H groups in total. The van der Waals surface area contributed by atoms with Crippen LogP contribution in [0.3, 0.4) is 0 Å². The van der Waals surface area contributed by atoms with Crippen molar-refractivity contribution in [3.05, 3.63) is 30.0 Å². The first-order chi connectivity index (χ1) is 14.5. The van der Waals surface area contributed by atoms with Crippen molar-refractivity contribution in [3.8, 4) is 17.0 Å². The van der Waals surface area contributed by atoms with Crippen LogP contribution >= 0.6 is 0 Å². The summed E-state index contributed by atoms with van der Waals surface area (Å²) in [6, 6.07) is 6.59. The van der Waals surface area contributed by atoms with E-state index >= 15 is 0 Å². The van der Waals surface area contributed by atoms with E-state index in [1.165, 1.54) is 4.68 Å². The SMILES string of the molecule is CCCNC(=O)n1nc(-c2cc(NC(=O)C(CC)CC)ccc2O)cc1C1CCC1. The number of aromatic nitrogens is 2. The highest BCUT2D eigenvalue weighted by Gasteiger charge is 2.27. The van der Waals surface area contributed by atoms with Crippen molar-refractivity contribution in [3.63, 3.8) is 0 Å². The van der Waals surface area contributed by atoms with Gasteiger partial charge in [-0.05, 0) is 56.4 Å². The number of benzene rings is 1. The van der Waals surface area contributed by atoms with Crippen LogP contribution in [0, 0.1) is 5.92 Å². The van der Waals surface area contributed by atoms with E-state index in [0.29, 0.717) is 29.4 Å². The second-order valence-corrected chi connectivity index (χ2v) is 7.96. The van der Waals surface area contributed by atoms with Gasteiger partial charge in [-0.3, -0.25) is 4.79 Å². The van der Waals surface area contributed by atoms with Crippen LogP contribution in [0.2, 0.25) is 0 Å². The lowest BCUT2D eigenvalue weighted by molar-refractivity contribution is -0.120. The molecule has 0 spiro atoms. The molecule has 1 aromatic heterocycles. The number of carbonyl (C=O) groups is 2. The number of aromatic hydroxyl groups is 1. The minimum Gasteiger partial charge on any atom is -0.507 e. The maximum Gasteiger partial charge on any atom is 0.342 e. The van der Waals surface area contributed by atoms with Gasteiger partial charge < -0.3 is 15.7 Å². The van der Waals surface area contributed by atoms with Gasteiger partial charge in [-0.15, -0.1) is 0 Å². The minimum absolute atomic E-state index is 0.0312. The highest BCUT2D eigenvalue weighted by atomic mass is 16.3. The highest BCUT2D eigenvalue weighted by Crippen LogP contribution is 2.39. The number of phenolic OH excluding ortho intramolecular Hbond substituents is 1. The Kier molecular flexibility index (Phi) is 7.13. The zero-order valence-corrected chi connectivity index (χ0v) is 18.1. The van der Waals surface area contributed by atoms with Crippen LogP contribution in [0.25, 0.3) is 11.3 Å². The number of hydrogen-bond donors (Lipinski definition) is 3. The van der Waals surface area contributed by atoms with Crippen molar-refractivity contribution >= 4 is 17.6 Å². The minimum atomic E-state index is -0.248. The van der Waals surface area contributed by atoms with E-state index in [2.05, 4.69) is 15.7 Å². The standard InChI is InChI=1S/C23H32N4O3/c1-4-12-24-23(30)27-20(16-8-7-9-16)14-19(26-27)18-13-17(10-11-21(18)28)25-22(29)15(5-2)6-3/h10-11,13-16,28H,4-9,12H2,1-3H3,(H,24,30)(H,25,29). The topological polar surface area (TPSA) is 96.3 Å². The number of carbonyl (C=O) groups excluding carboxylic acids is 2. The summed E-state index contributed by atoms with van der Waals surface area (Å²) in [4.78, 5) is 25.1. The Balaban J connectivity index is 1.91. The summed E-state index contributed by atoms with van der Waals surface area (Å²) in [6.45, 7) is 6.57. The fourth-order valence-electron chi connectivity index (χ4n) is 3.71. The van der Waals surface area contributed by atoms with Gasteiger partial charge >= 0.3 is 6.03 Å². The Bertz CT molecular complexity index is 898. The predicted octanol–water partition coefficient (Wildman–Crippen LogP) is 4.87. The molecule has 1 aromatic carbocycles. The average Bonchev–Trinajstić information content (AvgIpc) is 3.11. The summed E-state index contributed by atoms with van der Waals surface area (Å²) in [5.74, 6) is 0.290. The Labute approximate surface area is 177 Å². The zero-order chi connectivity index (χ0) is 21.7. The molecule has 0 atom stereocenters. The van der Waals surface area contributed by atoms with E-state index in [1.54, 1.807) is 18.2 Å². The monoisotopic (exact) mass is 412 g/mol. The molecule has 0 saturated heterocycles. The Hall–Kier alpha value is -2.83. The molecular weight excluding hydrogens is 380 g/mol. The van der Waals surface area contributed by atoms with Gasteiger partial charge in [-0.1, -0.05) is 27.2 Å². The maximum absolute atomic E-state index is 12.6. The largest absolute Gasteiger partial charge is 0.507 e. The number of anilines is 1.